The number of aliphatic hydroxyl groups excluding tert-OH is 1. The highest BCUT2D eigenvalue weighted by Gasteiger charge is 2.26. The smallest absolute Gasteiger partial charge is 0.309 e. The highest BCUT2D eigenvalue weighted by molar-refractivity contribution is 5.86. The lowest BCUT2D eigenvalue weighted by Gasteiger charge is -2.22. The Morgan fingerprint density at radius 3 is 2.33 bits per heavy atom. The topological polar surface area (TPSA) is 114 Å². The first kappa shape index (κ1) is 34.4. The Balaban J connectivity index is 1.29. The minimum absolute atomic E-state index is 0.0232. The monoisotopic (exact) mass is 626 g/mol. The van der Waals surface area contributed by atoms with Gasteiger partial charge in [0.25, 0.3) is 0 Å². The van der Waals surface area contributed by atoms with Crippen LogP contribution in [-0.4, -0.2) is 48.2 Å². The van der Waals surface area contributed by atoms with Gasteiger partial charge in [0.1, 0.15) is 19.0 Å². The van der Waals surface area contributed by atoms with E-state index in [2.05, 4.69) is 10.6 Å². The number of aliphatic hydroxyl groups is 1. The fourth-order valence-electron chi connectivity index (χ4n) is 5.49. The number of esters is 1. The van der Waals surface area contributed by atoms with Gasteiger partial charge in [0.2, 0.25) is 11.8 Å². The van der Waals surface area contributed by atoms with Crippen LogP contribution in [0.5, 0.6) is 5.75 Å². The van der Waals surface area contributed by atoms with Crippen molar-refractivity contribution in [1.82, 2.24) is 10.6 Å². The van der Waals surface area contributed by atoms with Crippen molar-refractivity contribution in [2.75, 3.05) is 13.2 Å². The minimum atomic E-state index is -0.594. The summed E-state index contributed by atoms with van der Waals surface area (Å²) >= 11 is 0. The van der Waals surface area contributed by atoms with Crippen LogP contribution in [0.2, 0.25) is 0 Å². The van der Waals surface area contributed by atoms with Crippen LogP contribution >= 0.6 is 0 Å². The third kappa shape index (κ3) is 11.8. The van der Waals surface area contributed by atoms with Gasteiger partial charge in [0.05, 0.1) is 30.5 Å². The van der Waals surface area contributed by atoms with E-state index in [1.807, 2.05) is 97.1 Å². The molecule has 1 aliphatic heterocycles. The van der Waals surface area contributed by atoms with Crippen LogP contribution in [0.3, 0.4) is 0 Å². The van der Waals surface area contributed by atoms with Gasteiger partial charge in [-0.25, -0.2) is 0 Å². The SMILES string of the molecule is CC1COC(=O)C(Cc2ccccc2)CCCC=CCC(CC(=O)NC(CO)Cc2ccc(OCc3ccccc3)cc2)C(=O)N1. The molecule has 0 fully saturated rings. The van der Waals surface area contributed by atoms with Crippen molar-refractivity contribution >= 4 is 17.8 Å². The summed E-state index contributed by atoms with van der Waals surface area (Å²) in [6, 6.07) is 26.5. The zero-order valence-corrected chi connectivity index (χ0v) is 26.6. The molecule has 8 nitrogen and oxygen atoms in total. The summed E-state index contributed by atoms with van der Waals surface area (Å²) in [4.78, 5) is 39.2. The fourth-order valence-corrected chi connectivity index (χ4v) is 5.49. The third-order valence-electron chi connectivity index (χ3n) is 8.08. The van der Waals surface area contributed by atoms with Gasteiger partial charge in [-0.15, -0.1) is 0 Å². The number of carbonyl (C=O) groups excluding carboxylic acids is 3. The van der Waals surface area contributed by atoms with E-state index in [1.165, 1.54) is 0 Å². The first-order valence-corrected chi connectivity index (χ1v) is 16.2. The Morgan fingerprint density at radius 1 is 0.935 bits per heavy atom. The third-order valence-corrected chi connectivity index (χ3v) is 8.08. The Hall–Kier alpha value is -4.43. The lowest BCUT2D eigenvalue weighted by Crippen LogP contribution is -2.44. The standard InChI is InChI=1S/C38H46N2O6/c1-28-26-46-38(44)33(22-29-12-6-4-7-13-29)17-11-3-2-10-16-32(37(43)39-28)24-36(42)40-34(25-41)23-30-18-20-35(21-19-30)45-27-31-14-8-5-9-15-31/h2,4-10,12-15,18-21,28,32-34,41H,3,11,16-17,22-27H2,1H3,(H,39,43)(H,40,42). The molecular weight excluding hydrogens is 580 g/mol. The van der Waals surface area contributed by atoms with E-state index < -0.39 is 18.0 Å². The molecule has 2 amide bonds. The van der Waals surface area contributed by atoms with E-state index in [1.54, 1.807) is 6.92 Å². The molecule has 0 spiro atoms. The van der Waals surface area contributed by atoms with Crippen molar-refractivity contribution in [3.8, 4) is 5.75 Å². The number of ether oxygens (including phenoxy) is 2. The summed E-state index contributed by atoms with van der Waals surface area (Å²) in [6.45, 7) is 2.09. The molecule has 8 heteroatoms. The lowest BCUT2D eigenvalue weighted by atomic mass is 9.93. The van der Waals surface area contributed by atoms with Gasteiger partial charge in [-0.2, -0.15) is 0 Å². The van der Waals surface area contributed by atoms with Gasteiger partial charge in [-0.05, 0) is 74.3 Å². The van der Waals surface area contributed by atoms with Gasteiger partial charge in [0.15, 0.2) is 0 Å². The average Bonchev–Trinajstić information content (AvgIpc) is 3.07. The molecule has 0 radical (unpaired) electrons. The number of hydrogen-bond acceptors (Lipinski definition) is 6. The van der Waals surface area contributed by atoms with Gasteiger partial charge in [-0.3, -0.25) is 14.4 Å². The second kappa shape index (κ2) is 18.5. The molecule has 3 N–H and O–H groups in total. The minimum Gasteiger partial charge on any atom is -0.489 e. The summed E-state index contributed by atoms with van der Waals surface area (Å²) in [5.41, 5.74) is 3.12. The molecule has 46 heavy (non-hydrogen) atoms. The van der Waals surface area contributed by atoms with Gasteiger partial charge in [0, 0.05) is 6.42 Å². The molecule has 0 aromatic heterocycles. The van der Waals surface area contributed by atoms with Crippen molar-refractivity contribution in [3.05, 3.63) is 114 Å². The van der Waals surface area contributed by atoms with Crippen LogP contribution in [0.1, 0.15) is 55.7 Å². The van der Waals surface area contributed by atoms with E-state index >= 15 is 0 Å². The van der Waals surface area contributed by atoms with E-state index in [-0.39, 0.29) is 43.3 Å². The predicted molar refractivity (Wildman–Crippen MR) is 178 cm³/mol. The van der Waals surface area contributed by atoms with Crippen LogP contribution < -0.4 is 15.4 Å². The Bertz CT molecular complexity index is 1390. The molecule has 3 aromatic carbocycles. The van der Waals surface area contributed by atoms with Crippen molar-refractivity contribution in [3.63, 3.8) is 0 Å². The first-order valence-electron chi connectivity index (χ1n) is 16.2. The maximum Gasteiger partial charge on any atom is 0.309 e. The summed E-state index contributed by atoms with van der Waals surface area (Å²) in [7, 11) is 0. The quantitative estimate of drug-likeness (QED) is 0.196. The van der Waals surface area contributed by atoms with Gasteiger partial charge in [-0.1, -0.05) is 84.9 Å². The Kier molecular flexibility index (Phi) is 13.9. The van der Waals surface area contributed by atoms with Crippen molar-refractivity contribution in [2.24, 2.45) is 11.8 Å². The summed E-state index contributed by atoms with van der Waals surface area (Å²) in [6.07, 6.45) is 7.68. The normalized spacial score (nSPS) is 20.1. The van der Waals surface area contributed by atoms with E-state index in [0.717, 1.165) is 35.3 Å². The summed E-state index contributed by atoms with van der Waals surface area (Å²) in [5, 5.41) is 15.8. The highest BCUT2D eigenvalue weighted by Crippen LogP contribution is 2.20. The number of carbonyl (C=O) groups is 3. The van der Waals surface area contributed by atoms with E-state index in [4.69, 9.17) is 9.47 Å². The van der Waals surface area contributed by atoms with Crippen LogP contribution in [0.15, 0.2) is 97.1 Å². The Morgan fingerprint density at radius 2 is 1.63 bits per heavy atom. The average molecular weight is 627 g/mol. The van der Waals surface area contributed by atoms with Crippen molar-refractivity contribution in [2.45, 2.75) is 70.6 Å². The molecule has 0 saturated carbocycles. The number of allylic oxidation sites excluding steroid dienone is 2. The molecule has 4 atom stereocenters. The molecule has 3 aromatic rings. The summed E-state index contributed by atoms with van der Waals surface area (Å²) < 4.78 is 11.5. The van der Waals surface area contributed by atoms with Gasteiger partial charge >= 0.3 is 5.97 Å². The highest BCUT2D eigenvalue weighted by atomic mass is 16.5. The predicted octanol–water partition coefficient (Wildman–Crippen LogP) is 5.33. The number of hydrogen-bond donors (Lipinski definition) is 3. The Labute approximate surface area is 272 Å². The molecular formula is C38H46N2O6. The van der Waals surface area contributed by atoms with Crippen LogP contribution in [0.25, 0.3) is 0 Å². The van der Waals surface area contributed by atoms with E-state index in [0.29, 0.717) is 32.3 Å². The number of nitrogens with one attached hydrogen (secondary N) is 2. The first-order chi connectivity index (χ1) is 22.4. The molecule has 0 saturated heterocycles. The largest absolute Gasteiger partial charge is 0.489 e. The number of amides is 2. The molecule has 0 aliphatic carbocycles. The second-order valence-corrected chi connectivity index (χ2v) is 12.0. The van der Waals surface area contributed by atoms with Gasteiger partial charge < -0.3 is 25.2 Å². The molecule has 244 valence electrons. The maximum atomic E-state index is 13.2. The fraction of sp³-hybridized carbons (Fsp3) is 0.395. The second-order valence-electron chi connectivity index (χ2n) is 12.0. The van der Waals surface area contributed by atoms with Crippen LogP contribution in [0, 0.1) is 11.8 Å². The number of cyclic esters (lactones) is 1. The number of benzene rings is 3. The number of rotatable bonds is 11. The van der Waals surface area contributed by atoms with Crippen molar-refractivity contribution in [1.29, 1.82) is 0 Å². The molecule has 1 heterocycles. The zero-order valence-electron chi connectivity index (χ0n) is 26.6. The van der Waals surface area contributed by atoms with Crippen LogP contribution in [0.4, 0.5) is 0 Å². The summed E-state index contributed by atoms with van der Waals surface area (Å²) in [5.74, 6) is -0.938. The van der Waals surface area contributed by atoms with Crippen molar-refractivity contribution < 1.29 is 29.0 Å². The molecule has 1 aliphatic rings. The van der Waals surface area contributed by atoms with Crippen LogP contribution in [-0.2, 0) is 38.6 Å². The van der Waals surface area contributed by atoms with E-state index in [9.17, 15) is 19.5 Å². The lowest BCUT2D eigenvalue weighted by molar-refractivity contribution is -0.150. The molecule has 4 unspecified atom stereocenters. The molecule has 0 bridgehead atoms. The molecule has 4 rings (SSSR count). The maximum absolute atomic E-state index is 13.2. The zero-order chi connectivity index (χ0) is 32.6.